The second-order valence-electron chi connectivity index (χ2n) is 9.39. The Labute approximate surface area is 184 Å². The zero-order valence-electron chi connectivity index (χ0n) is 18.3. The Morgan fingerprint density at radius 3 is 2.56 bits per heavy atom. The van der Waals surface area contributed by atoms with Crippen molar-refractivity contribution >= 4 is 22.5 Å². The smallest absolute Gasteiger partial charge is 0.433 e. The maximum atomic E-state index is 13.1. The lowest BCUT2D eigenvalue weighted by atomic mass is 9.87. The van der Waals surface area contributed by atoms with Gasteiger partial charge in [0.1, 0.15) is 17.0 Å². The van der Waals surface area contributed by atoms with Crippen LogP contribution in [-0.4, -0.2) is 20.7 Å². The molecule has 0 unspecified atom stereocenters. The van der Waals surface area contributed by atoms with Crippen molar-refractivity contribution in [2.45, 2.75) is 64.3 Å². The summed E-state index contributed by atoms with van der Waals surface area (Å²) in [4.78, 5) is 8.29. The fourth-order valence-corrected chi connectivity index (χ4v) is 4.60. The van der Waals surface area contributed by atoms with Crippen molar-refractivity contribution in [3.05, 3.63) is 53.5 Å². The Kier molecular flexibility index (Phi) is 4.80. The Hall–Kier alpha value is -2.90. The van der Waals surface area contributed by atoms with Gasteiger partial charge in [0.25, 0.3) is 0 Å². The summed E-state index contributed by atoms with van der Waals surface area (Å²) in [7, 11) is 0. The first-order valence-corrected chi connectivity index (χ1v) is 11.0. The van der Waals surface area contributed by atoms with Crippen LogP contribution in [0.25, 0.3) is 10.9 Å². The molecule has 8 heteroatoms. The summed E-state index contributed by atoms with van der Waals surface area (Å²) in [5.41, 5.74) is 0.688. The van der Waals surface area contributed by atoms with E-state index in [2.05, 4.69) is 27.8 Å². The van der Waals surface area contributed by atoms with Crippen LogP contribution in [-0.2, 0) is 16.5 Å². The topological polar surface area (TPSA) is 52.3 Å². The van der Waals surface area contributed by atoms with E-state index in [1.807, 2.05) is 26.0 Å². The van der Waals surface area contributed by atoms with Gasteiger partial charge < -0.3 is 4.74 Å². The van der Waals surface area contributed by atoms with Gasteiger partial charge in [-0.2, -0.15) is 18.3 Å². The SMILES string of the molecule is CC1(C)OC(c2cccc(C(F)(F)F)n2)=Nc2cc3cn([C@H]4CC[C@H](C)CC4)nc3cc21. The molecule has 1 aromatic carbocycles. The highest BCUT2D eigenvalue weighted by molar-refractivity contribution is 5.97. The summed E-state index contributed by atoms with van der Waals surface area (Å²) in [6.07, 6.45) is 2.17. The van der Waals surface area contributed by atoms with Crippen LogP contribution in [0.5, 0.6) is 0 Å². The van der Waals surface area contributed by atoms with E-state index in [0.717, 1.165) is 41.3 Å². The largest absolute Gasteiger partial charge is 0.465 e. The van der Waals surface area contributed by atoms with Crippen LogP contribution >= 0.6 is 0 Å². The number of aliphatic imine (C=N–C) groups is 1. The number of pyridine rings is 1. The summed E-state index contributed by atoms with van der Waals surface area (Å²) in [5.74, 6) is 0.848. The van der Waals surface area contributed by atoms with Crippen LogP contribution in [0.4, 0.5) is 18.9 Å². The van der Waals surface area contributed by atoms with Gasteiger partial charge in [-0.05, 0) is 69.7 Å². The highest BCUT2D eigenvalue weighted by Gasteiger charge is 2.36. The van der Waals surface area contributed by atoms with Gasteiger partial charge in [0.15, 0.2) is 0 Å². The molecule has 5 rings (SSSR count). The minimum atomic E-state index is -4.53. The fraction of sp³-hybridized carbons (Fsp3) is 0.458. The van der Waals surface area contributed by atoms with E-state index >= 15 is 0 Å². The number of hydrogen-bond acceptors (Lipinski definition) is 4. The normalized spacial score (nSPS) is 22.9. The van der Waals surface area contributed by atoms with Gasteiger partial charge in [-0.1, -0.05) is 13.0 Å². The quantitative estimate of drug-likeness (QED) is 0.452. The molecule has 168 valence electrons. The van der Waals surface area contributed by atoms with Crippen LogP contribution in [0.2, 0.25) is 0 Å². The number of alkyl halides is 3. The number of fused-ring (bicyclic) bond motifs is 2. The molecule has 1 aliphatic heterocycles. The molecule has 0 N–H and O–H groups in total. The molecule has 3 aromatic rings. The van der Waals surface area contributed by atoms with E-state index in [1.165, 1.54) is 25.0 Å². The van der Waals surface area contributed by atoms with Gasteiger partial charge >= 0.3 is 6.18 Å². The van der Waals surface area contributed by atoms with Crippen LogP contribution in [0.3, 0.4) is 0 Å². The average molecular weight is 442 g/mol. The second-order valence-corrected chi connectivity index (χ2v) is 9.39. The molecule has 5 nitrogen and oxygen atoms in total. The third kappa shape index (κ3) is 3.76. The lowest BCUT2D eigenvalue weighted by Gasteiger charge is -2.32. The molecule has 0 amide bonds. The van der Waals surface area contributed by atoms with E-state index in [9.17, 15) is 13.2 Å². The van der Waals surface area contributed by atoms with E-state index in [-0.39, 0.29) is 11.6 Å². The van der Waals surface area contributed by atoms with Crippen LogP contribution in [0.1, 0.15) is 69.4 Å². The molecule has 0 saturated heterocycles. The highest BCUT2D eigenvalue weighted by atomic mass is 19.4. The average Bonchev–Trinajstić information content (AvgIpc) is 3.15. The van der Waals surface area contributed by atoms with Gasteiger partial charge in [-0.15, -0.1) is 0 Å². The number of halogens is 3. The van der Waals surface area contributed by atoms with Gasteiger partial charge in [-0.25, -0.2) is 9.98 Å². The standard InChI is InChI=1S/C24H25F3N4O/c1-14-7-9-16(10-8-14)31-13-15-11-20-17(12-19(15)30-31)23(2,3)32-22(29-20)18-5-4-6-21(28-18)24(25,26)27/h4-6,11-14,16H,7-10H2,1-3H3/t14-,16-. The maximum Gasteiger partial charge on any atom is 0.433 e. The zero-order chi connectivity index (χ0) is 22.7. The van der Waals surface area contributed by atoms with Gasteiger partial charge in [0.2, 0.25) is 5.90 Å². The van der Waals surface area contributed by atoms with Gasteiger partial charge in [0, 0.05) is 17.1 Å². The van der Waals surface area contributed by atoms with Crippen molar-refractivity contribution < 1.29 is 17.9 Å². The predicted molar refractivity (Wildman–Crippen MR) is 116 cm³/mol. The summed E-state index contributed by atoms with van der Waals surface area (Å²) in [6.45, 7) is 6.04. The minimum absolute atomic E-state index is 0.0608. The van der Waals surface area contributed by atoms with E-state index < -0.39 is 17.5 Å². The first kappa shape index (κ1) is 21.0. The summed E-state index contributed by atoms with van der Waals surface area (Å²) in [6, 6.07) is 8.06. The van der Waals surface area contributed by atoms with Gasteiger partial charge in [0.05, 0.1) is 17.2 Å². The Morgan fingerprint density at radius 1 is 1.09 bits per heavy atom. The highest BCUT2D eigenvalue weighted by Crippen LogP contribution is 2.41. The Bertz CT molecular complexity index is 1200. The maximum absolute atomic E-state index is 13.1. The predicted octanol–water partition coefficient (Wildman–Crippen LogP) is 6.54. The summed E-state index contributed by atoms with van der Waals surface area (Å²) >= 11 is 0. The van der Waals surface area contributed by atoms with E-state index in [0.29, 0.717) is 11.7 Å². The monoisotopic (exact) mass is 442 g/mol. The first-order chi connectivity index (χ1) is 15.1. The summed E-state index contributed by atoms with van der Waals surface area (Å²) < 4.78 is 47.5. The molecular formula is C24H25F3N4O. The molecule has 2 aromatic heterocycles. The van der Waals surface area contributed by atoms with Crippen molar-refractivity contribution in [1.82, 2.24) is 14.8 Å². The van der Waals surface area contributed by atoms with Crippen LogP contribution in [0, 0.1) is 5.92 Å². The van der Waals surface area contributed by atoms with Crippen LogP contribution < -0.4 is 0 Å². The molecule has 0 radical (unpaired) electrons. The first-order valence-electron chi connectivity index (χ1n) is 11.0. The number of benzene rings is 1. The lowest BCUT2D eigenvalue weighted by Crippen LogP contribution is -2.30. The number of hydrogen-bond donors (Lipinski definition) is 0. The molecule has 2 aliphatic rings. The minimum Gasteiger partial charge on any atom is -0.465 e. The van der Waals surface area contributed by atoms with Crippen molar-refractivity contribution in [3.63, 3.8) is 0 Å². The number of nitrogens with zero attached hydrogens (tertiary/aromatic N) is 4. The zero-order valence-corrected chi connectivity index (χ0v) is 18.3. The van der Waals surface area contributed by atoms with Gasteiger partial charge in [-0.3, -0.25) is 4.68 Å². The molecule has 1 saturated carbocycles. The molecular weight excluding hydrogens is 417 g/mol. The second kappa shape index (κ2) is 7.32. The number of aromatic nitrogens is 3. The fourth-order valence-electron chi connectivity index (χ4n) is 4.60. The van der Waals surface area contributed by atoms with Crippen LogP contribution in [0.15, 0.2) is 41.5 Å². The molecule has 0 atom stereocenters. The third-order valence-electron chi connectivity index (χ3n) is 6.48. The molecule has 1 fully saturated rings. The molecule has 0 bridgehead atoms. The third-order valence-corrected chi connectivity index (χ3v) is 6.48. The number of ether oxygens (including phenoxy) is 1. The Balaban J connectivity index is 1.55. The Morgan fingerprint density at radius 2 is 1.84 bits per heavy atom. The summed E-state index contributed by atoms with van der Waals surface area (Å²) in [5, 5.41) is 5.78. The molecule has 3 heterocycles. The van der Waals surface area contributed by atoms with Crippen molar-refractivity contribution in [1.29, 1.82) is 0 Å². The molecule has 1 aliphatic carbocycles. The van der Waals surface area contributed by atoms with Crippen molar-refractivity contribution in [3.8, 4) is 0 Å². The van der Waals surface area contributed by atoms with Crippen molar-refractivity contribution in [2.24, 2.45) is 10.9 Å². The van der Waals surface area contributed by atoms with Crippen molar-refractivity contribution in [2.75, 3.05) is 0 Å². The lowest BCUT2D eigenvalue weighted by molar-refractivity contribution is -0.141. The molecule has 32 heavy (non-hydrogen) atoms. The number of rotatable bonds is 2. The van der Waals surface area contributed by atoms with E-state index in [1.54, 1.807) is 0 Å². The molecule has 0 spiro atoms. The van der Waals surface area contributed by atoms with E-state index in [4.69, 9.17) is 9.84 Å².